The van der Waals surface area contributed by atoms with Crippen molar-refractivity contribution in [3.8, 4) is 5.75 Å². The Bertz CT molecular complexity index is 1230. The summed E-state index contributed by atoms with van der Waals surface area (Å²) < 4.78 is 5.26. The van der Waals surface area contributed by atoms with Gasteiger partial charge in [-0.15, -0.1) is 0 Å². The third-order valence-corrected chi connectivity index (χ3v) is 6.24. The average molecular weight is 481 g/mol. The fourth-order valence-corrected chi connectivity index (χ4v) is 4.29. The van der Waals surface area contributed by atoms with E-state index in [-0.39, 0.29) is 17.5 Å². The van der Waals surface area contributed by atoms with Gasteiger partial charge in [0.15, 0.2) is 0 Å². The van der Waals surface area contributed by atoms with Gasteiger partial charge in [0.2, 0.25) is 0 Å². The predicted octanol–water partition coefficient (Wildman–Crippen LogP) is 6.47. The summed E-state index contributed by atoms with van der Waals surface area (Å²) in [5, 5.41) is 11.1. The van der Waals surface area contributed by atoms with Crippen LogP contribution in [0.15, 0.2) is 109 Å². The Morgan fingerprint density at radius 2 is 1.39 bits per heavy atom. The van der Waals surface area contributed by atoms with Gasteiger partial charge in [-0.2, -0.15) is 0 Å². The van der Waals surface area contributed by atoms with Crippen molar-refractivity contribution in [2.75, 3.05) is 13.7 Å². The Labute approximate surface area is 210 Å². The first-order chi connectivity index (χ1) is 17.5. The highest BCUT2D eigenvalue weighted by molar-refractivity contribution is 5.94. The molecule has 0 fully saturated rings. The van der Waals surface area contributed by atoms with Gasteiger partial charge in [0, 0.05) is 36.7 Å². The molecule has 0 unspecified atom stereocenters. The minimum absolute atomic E-state index is 0.0403. The Balaban J connectivity index is 1.61. The molecule has 0 aliphatic carbocycles. The summed E-state index contributed by atoms with van der Waals surface area (Å²) in [6, 6.07) is 34.0. The smallest absolute Gasteiger partial charge is 0.269 e. The van der Waals surface area contributed by atoms with Crippen molar-refractivity contribution >= 4 is 11.6 Å². The fourth-order valence-electron chi connectivity index (χ4n) is 4.29. The summed E-state index contributed by atoms with van der Waals surface area (Å²) >= 11 is 0. The highest BCUT2D eigenvalue weighted by Gasteiger charge is 2.21. The molecule has 0 spiro atoms. The highest BCUT2D eigenvalue weighted by atomic mass is 16.6. The number of hydrogen-bond acceptors (Lipinski definition) is 4. The van der Waals surface area contributed by atoms with Gasteiger partial charge in [-0.3, -0.25) is 14.9 Å². The zero-order valence-electron chi connectivity index (χ0n) is 20.1. The molecule has 0 aromatic heterocycles. The first-order valence-electron chi connectivity index (χ1n) is 11.8. The molecule has 0 saturated heterocycles. The highest BCUT2D eigenvalue weighted by Crippen LogP contribution is 2.29. The van der Waals surface area contributed by atoms with Gasteiger partial charge in [0.1, 0.15) is 5.75 Å². The van der Waals surface area contributed by atoms with Gasteiger partial charge in [-0.1, -0.05) is 72.8 Å². The molecule has 0 radical (unpaired) electrons. The van der Waals surface area contributed by atoms with Gasteiger partial charge >= 0.3 is 0 Å². The van der Waals surface area contributed by atoms with Gasteiger partial charge < -0.3 is 9.64 Å². The third-order valence-electron chi connectivity index (χ3n) is 6.24. The monoisotopic (exact) mass is 480 g/mol. The fraction of sp³-hybridized carbons (Fsp3) is 0.167. The van der Waals surface area contributed by atoms with Crippen LogP contribution in [0.4, 0.5) is 5.69 Å². The Morgan fingerprint density at radius 1 is 0.833 bits per heavy atom. The molecule has 0 aliphatic rings. The summed E-state index contributed by atoms with van der Waals surface area (Å²) in [7, 11) is 1.62. The first kappa shape index (κ1) is 24.7. The Morgan fingerprint density at radius 3 is 1.89 bits per heavy atom. The zero-order chi connectivity index (χ0) is 25.3. The summed E-state index contributed by atoms with van der Waals surface area (Å²) in [4.78, 5) is 26.0. The van der Waals surface area contributed by atoms with Gasteiger partial charge in [-0.25, -0.2) is 0 Å². The van der Waals surface area contributed by atoms with E-state index in [1.54, 1.807) is 7.11 Å². The lowest BCUT2D eigenvalue weighted by Gasteiger charge is -2.26. The number of hydrogen-bond donors (Lipinski definition) is 0. The molecule has 4 aromatic carbocycles. The van der Waals surface area contributed by atoms with Crippen molar-refractivity contribution in [2.45, 2.75) is 18.9 Å². The summed E-state index contributed by atoms with van der Waals surface area (Å²) in [5.74, 6) is 0.705. The number of methoxy groups -OCH3 is 1. The second kappa shape index (κ2) is 11.8. The number of rotatable bonds is 10. The van der Waals surface area contributed by atoms with Gasteiger partial charge in [0.25, 0.3) is 11.6 Å². The van der Waals surface area contributed by atoms with Gasteiger partial charge in [0.05, 0.1) is 12.0 Å². The molecule has 36 heavy (non-hydrogen) atoms. The lowest BCUT2D eigenvalue weighted by Crippen LogP contribution is -2.32. The third kappa shape index (κ3) is 6.16. The second-order valence-electron chi connectivity index (χ2n) is 8.54. The second-order valence-corrected chi connectivity index (χ2v) is 8.54. The first-order valence-corrected chi connectivity index (χ1v) is 11.8. The van der Waals surface area contributed by atoms with E-state index in [0.717, 1.165) is 17.7 Å². The number of nitro groups is 1. The number of carbonyl (C=O) groups excluding carboxylic acids is 1. The molecule has 1 amide bonds. The summed E-state index contributed by atoms with van der Waals surface area (Å²) in [6.07, 6.45) is 0.725. The number of nitro benzene ring substituents is 1. The van der Waals surface area contributed by atoms with E-state index in [2.05, 4.69) is 24.3 Å². The molecule has 4 rings (SSSR count). The molecule has 0 saturated carbocycles. The van der Waals surface area contributed by atoms with Crippen LogP contribution < -0.4 is 4.74 Å². The van der Waals surface area contributed by atoms with Crippen LogP contribution in [0.25, 0.3) is 0 Å². The molecule has 0 bridgehead atoms. The van der Waals surface area contributed by atoms with Crippen molar-refractivity contribution in [2.24, 2.45) is 0 Å². The maximum Gasteiger partial charge on any atom is 0.269 e. The number of non-ortho nitro benzene ring substituents is 1. The maximum atomic E-state index is 13.6. The standard InChI is InChI=1S/C30H28N2O4/c1-36-28-18-12-23(13-19-28)22-31(30(33)26-14-16-27(17-15-26)32(34)35)21-20-29(24-8-4-2-5-9-24)25-10-6-3-7-11-25/h2-19,29H,20-22H2,1H3. The van der Waals surface area contributed by atoms with Crippen LogP contribution in [0.5, 0.6) is 5.75 Å². The summed E-state index contributed by atoms with van der Waals surface area (Å²) in [5.41, 5.74) is 3.74. The van der Waals surface area contributed by atoms with E-state index in [1.807, 2.05) is 65.6 Å². The molecule has 0 heterocycles. The van der Waals surface area contributed by atoms with E-state index in [0.29, 0.717) is 18.7 Å². The molecular weight excluding hydrogens is 452 g/mol. The molecule has 0 aliphatic heterocycles. The SMILES string of the molecule is COc1ccc(CN(CCC(c2ccccc2)c2ccccc2)C(=O)c2ccc([N+](=O)[O-])cc2)cc1. The van der Waals surface area contributed by atoms with Crippen LogP contribution >= 0.6 is 0 Å². The van der Waals surface area contributed by atoms with Crippen molar-refractivity contribution < 1.29 is 14.5 Å². The maximum absolute atomic E-state index is 13.6. The molecule has 0 atom stereocenters. The van der Waals surface area contributed by atoms with E-state index >= 15 is 0 Å². The topological polar surface area (TPSA) is 72.7 Å². The van der Waals surface area contributed by atoms with Crippen LogP contribution in [0.1, 0.15) is 39.4 Å². The lowest BCUT2D eigenvalue weighted by atomic mass is 9.88. The van der Waals surface area contributed by atoms with Crippen molar-refractivity contribution in [3.05, 3.63) is 142 Å². The van der Waals surface area contributed by atoms with Crippen LogP contribution in [-0.2, 0) is 6.54 Å². The normalized spacial score (nSPS) is 10.7. The molecule has 0 N–H and O–H groups in total. The van der Waals surface area contributed by atoms with Crippen molar-refractivity contribution in [1.29, 1.82) is 0 Å². The molecular formula is C30H28N2O4. The number of carbonyl (C=O) groups is 1. The lowest BCUT2D eigenvalue weighted by molar-refractivity contribution is -0.384. The predicted molar refractivity (Wildman–Crippen MR) is 140 cm³/mol. The molecule has 182 valence electrons. The van der Waals surface area contributed by atoms with Crippen LogP contribution in [0, 0.1) is 10.1 Å². The number of amides is 1. The zero-order valence-corrected chi connectivity index (χ0v) is 20.1. The van der Waals surface area contributed by atoms with Crippen LogP contribution in [0.3, 0.4) is 0 Å². The van der Waals surface area contributed by atoms with E-state index in [1.165, 1.54) is 35.4 Å². The van der Waals surface area contributed by atoms with Crippen molar-refractivity contribution in [1.82, 2.24) is 4.90 Å². The minimum Gasteiger partial charge on any atom is -0.497 e. The average Bonchev–Trinajstić information content (AvgIpc) is 2.93. The van der Waals surface area contributed by atoms with Crippen LogP contribution in [0.2, 0.25) is 0 Å². The van der Waals surface area contributed by atoms with E-state index < -0.39 is 4.92 Å². The Hall–Kier alpha value is -4.45. The molecule has 4 aromatic rings. The molecule has 6 heteroatoms. The summed E-state index contributed by atoms with van der Waals surface area (Å²) in [6.45, 7) is 0.923. The van der Waals surface area contributed by atoms with E-state index in [4.69, 9.17) is 4.74 Å². The van der Waals surface area contributed by atoms with Crippen LogP contribution in [-0.4, -0.2) is 29.4 Å². The largest absolute Gasteiger partial charge is 0.497 e. The Kier molecular flexibility index (Phi) is 8.08. The number of benzene rings is 4. The van der Waals surface area contributed by atoms with Crippen molar-refractivity contribution in [3.63, 3.8) is 0 Å². The quantitative estimate of drug-likeness (QED) is 0.193. The number of nitrogens with zero attached hydrogens (tertiary/aromatic N) is 2. The van der Waals surface area contributed by atoms with Gasteiger partial charge in [-0.05, 0) is 47.4 Å². The van der Waals surface area contributed by atoms with E-state index in [9.17, 15) is 14.9 Å². The minimum atomic E-state index is -0.465. The molecule has 6 nitrogen and oxygen atoms in total. The number of ether oxygens (including phenoxy) is 1.